The summed E-state index contributed by atoms with van der Waals surface area (Å²) in [6.45, 7) is 2.05. The van der Waals surface area contributed by atoms with E-state index in [1.807, 2.05) is 12.1 Å². The van der Waals surface area contributed by atoms with Crippen molar-refractivity contribution in [1.29, 1.82) is 0 Å². The molecule has 2 N–H and O–H groups in total. The standard InChI is InChI=1S/C15H17N3O3/c1-11(18-8-4-7-17-18)15(21)16-10-13-6-3-2-5-12(13)9-14(19)20/h2-8,11H,9-10H2,1H3,(H,16,21)(H,19,20). The van der Waals surface area contributed by atoms with Gasteiger partial charge in [-0.15, -0.1) is 0 Å². The van der Waals surface area contributed by atoms with E-state index in [2.05, 4.69) is 10.4 Å². The highest BCUT2D eigenvalue weighted by atomic mass is 16.4. The molecule has 1 aromatic carbocycles. The zero-order chi connectivity index (χ0) is 15.2. The topological polar surface area (TPSA) is 84.2 Å². The van der Waals surface area contributed by atoms with Gasteiger partial charge in [0.2, 0.25) is 5.91 Å². The summed E-state index contributed by atoms with van der Waals surface area (Å²) in [6, 6.07) is 8.53. The second-order valence-corrected chi connectivity index (χ2v) is 4.72. The number of carbonyl (C=O) groups excluding carboxylic acids is 1. The molecule has 1 unspecified atom stereocenters. The van der Waals surface area contributed by atoms with E-state index in [0.29, 0.717) is 12.1 Å². The van der Waals surface area contributed by atoms with Crippen molar-refractivity contribution in [3.63, 3.8) is 0 Å². The van der Waals surface area contributed by atoms with Gasteiger partial charge in [-0.3, -0.25) is 14.3 Å². The Labute approximate surface area is 122 Å². The maximum Gasteiger partial charge on any atom is 0.307 e. The van der Waals surface area contributed by atoms with Crippen LogP contribution < -0.4 is 5.32 Å². The zero-order valence-electron chi connectivity index (χ0n) is 11.7. The van der Waals surface area contributed by atoms with E-state index in [4.69, 9.17) is 5.11 Å². The first-order chi connectivity index (χ1) is 10.1. The van der Waals surface area contributed by atoms with Crippen molar-refractivity contribution in [2.45, 2.75) is 25.9 Å². The molecular formula is C15H17N3O3. The fraction of sp³-hybridized carbons (Fsp3) is 0.267. The summed E-state index contributed by atoms with van der Waals surface area (Å²) in [6.07, 6.45) is 3.29. The fourth-order valence-electron chi connectivity index (χ4n) is 2.03. The number of carbonyl (C=O) groups is 2. The number of aromatic nitrogens is 2. The molecule has 0 aliphatic rings. The number of hydrogen-bond acceptors (Lipinski definition) is 3. The van der Waals surface area contributed by atoms with Crippen LogP contribution in [0.2, 0.25) is 0 Å². The summed E-state index contributed by atoms with van der Waals surface area (Å²) in [5.41, 5.74) is 1.51. The van der Waals surface area contributed by atoms with Crippen LogP contribution in [0.4, 0.5) is 0 Å². The van der Waals surface area contributed by atoms with Crippen LogP contribution in [0.5, 0.6) is 0 Å². The summed E-state index contributed by atoms with van der Waals surface area (Å²) in [5, 5.41) is 15.7. The maximum atomic E-state index is 12.1. The van der Waals surface area contributed by atoms with Gasteiger partial charge < -0.3 is 10.4 Å². The van der Waals surface area contributed by atoms with Crippen molar-refractivity contribution in [2.75, 3.05) is 0 Å². The van der Waals surface area contributed by atoms with Gasteiger partial charge in [-0.1, -0.05) is 24.3 Å². The molecule has 6 nitrogen and oxygen atoms in total. The highest BCUT2D eigenvalue weighted by molar-refractivity contribution is 5.79. The molecular weight excluding hydrogens is 270 g/mol. The lowest BCUT2D eigenvalue weighted by molar-refractivity contribution is -0.136. The Morgan fingerprint density at radius 2 is 2.00 bits per heavy atom. The van der Waals surface area contributed by atoms with Crippen LogP contribution in [0.1, 0.15) is 24.1 Å². The molecule has 0 fully saturated rings. The van der Waals surface area contributed by atoms with Gasteiger partial charge in [0.05, 0.1) is 6.42 Å². The Kier molecular flexibility index (Phi) is 4.71. The Hall–Kier alpha value is -2.63. The molecule has 110 valence electrons. The minimum Gasteiger partial charge on any atom is -0.481 e. The molecule has 2 rings (SSSR count). The van der Waals surface area contributed by atoms with Crippen LogP contribution in [0.3, 0.4) is 0 Å². The predicted octanol–water partition coefficient (Wildman–Crippen LogP) is 1.39. The summed E-state index contributed by atoms with van der Waals surface area (Å²) in [7, 11) is 0. The van der Waals surface area contributed by atoms with E-state index >= 15 is 0 Å². The number of aliphatic carboxylic acids is 1. The Balaban J connectivity index is 2.00. The Bertz CT molecular complexity index is 623. The molecule has 21 heavy (non-hydrogen) atoms. The summed E-state index contributed by atoms with van der Waals surface area (Å²) < 4.78 is 1.57. The molecule has 0 bridgehead atoms. The average molecular weight is 287 g/mol. The smallest absolute Gasteiger partial charge is 0.307 e. The third kappa shape index (κ3) is 3.92. The van der Waals surface area contributed by atoms with Crippen molar-refractivity contribution in [1.82, 2.24) is 15.1 Å². The maximum absolute atomic E-state index is 12.1. The van der Waals surface area contributed by atoms with Crippen molar-refractivity contribution >= 4 is 11.9 Å². The van der Waals surface area contributed by atoms with E-state index < -0.39 is 12.0 Å². The molecule has 1 atom stereocenters. The predicted molar refractivity (Wildman–Crippen MR) is 76.6 cm³/mol. The second-order valence-electron chi connectivity index (χ2n) is 4.72. The molecule has 1 heterocycles. The minimum absolute atomic E-state index is 0.0548. The molecule has 1 aromatic heterocycles. The Morgan fingerprint density at radius 1 is 1.29 bits per heavy atom. The average Bonchev–Trinajstić information content (AvgIpc) is 2.98. The van der Waals surface area contributed by atoms with E-state index in [-0.39, 0.29) is 12.3 Å². The minimum atomic E-state index is -0.890. The first-order valence-corrected chi connectivity index (χ1v) is 6.63. The fourth-order valence-corrected chi connectivity index (χ4v) is 2.03. The quantitative estimate of drug-likeness (QED) is 0.841. The number of amides is 1. The lowest BCUT2D eigenvalue weighted by atomic mass is 10.0. The largest absolute Gasteiger partial charge is 0.481 e. The summed E-state index contributed by atoms with van der Waals surface area (Å²) in [4.78, 5) is 22.9. The number of benzene rings is 1. The lowest BCUT2D eigenvalue weighted by Gasteiger charge is -2.14. The Morgan fingerprint density at radius 3 is 2.62 bits per heavy atom. The van der Waals surface area contributed by atoms with Gasteiger partial charge in [0.25, 0.3) is 0 Å². The van der Waals surface area contributed by atoms with Crippen molar-refractivity contribution in [2.24, 2.45) is 0 Å². The van der Waals surface area contributed by atoms with Gasteiger partial charge >= 0.3 is 5.97 Å². The summed E-state index contributed by atoms with van der Waals surface area (Å²) in [5.74, 6) is -1.05. The van der Waals surface area contributed by atoms with Crippen LogP contribution in [-0.2, 0) is 22.6 Å². The lowest BCUT2D eigenvalue weighted by Crippen LogP contribution is -2.31. The van der Waals surface area contributed by atoms with Crippen molar-refractivity contribution < 1.29 is 14.7 Å². The molecule has 2 aromatic rings. The van der Waals surface area contributed by atoms with Crippen molar-refractivity contribution in [3.8, 4) is 0 Å². The number of hydrogen-bond donors (Lipinski definition) is 2. The molecule has 0 saturated heterocycles. The van der Waals surface area contributed by atoms with E-state index in [1.165, 1.54) is 0 Å². The third-order valence-corrected chi connectivity index (χ3v) is 3.21. The van der Waals surface area contributed by atoms with Crippen LogP contribution in [0.15, 0.2) is 42.7 Å². The van der Waals surface area contributed by atoms with E-state index in [0.717, 1.165) is 5.56 Å². The van der Waals surface area contributed by atoms with E-state index in [9.17, 15) is 9.59 Å². The van der Waals surface area contributed by atoms with Crippen LogP contribution in [0, 0.1) is 0 Å². The molecule has 6 heteroatoms. The number of carboxylic acid groups (broad SMARTS) is 1. The van der Waals surface area contributed by atoms with Gasteiger partial charge in [0.1, 0.15) is 6.04 Å². The molecule has 0 aliphatic carbocycles. The van der Waals surface area contributed by atoms with Gasteiger partial charge in [-0.2, -0.15) is 5.10 Å². The highest BCUT2D eigenvalue weighted by Crippen LogP contribution is 2.10. The second kappa shape index (κ2) is 6.69. The number of nitrogens with one attached hydrogen (secondary N) is 1. The van der Waals surface area contributed by atoms with Gasteiger partial charge in [-0.25, -0.2) is 0 Å². The summed E-state index contributed by atoms with van der Waals surface area (Å²) >= 11 is 0. The molecule has 0 spiro atoms. The molecule has 0 radical (unpaired) electrons. The van der Waals surface area contributed by atoms with E-state index in [1.54, 1.807) is 42.2 Å². The zero-order valence-corrected chi connectivity index (χ0v) is 11.7. The molecule has 0 saturated carbocycles. The molecule has 0 aliphatic heterocycles. The number of rotatable bonds is 6. The van der Waals surface area contributed by atoms with Crippen LogP contribution in [-0.4, -0.2) is 26.8 Å². The van der Waals surface area contributed by atoms with Crippen LogP contribution >= 0.6 is 0 Å². The first-order valence-electron chi connectivity index (χ1n) is 6.63. The molecule has 1 amide bonds. The van der Waals surface area contributed by atoms with Gasteiger partial charge in [0.15, 0.2) is 0 Å². The van der Waals surface area contributed by atoms with Crippen LogP contribution in [0.25, 0.3) is 0 Å². The van der Waals surface area contributed by atoms with Crippen molar-refractivity contribution in [3.05, 3.63) is 53.9 Å². The first kappa shape index (κ1) is 14.8. The monoisotopic (exact) mass is 287 g/mol. The van der Waals surface area contributed by atoms with Gasteiger partial charge in [0, 0.05) is 18.9 Å². The normalized spacial score (nSPS) is 11.9. The number of nitrogens with zero attached hydrogens (tertiary/aromatic N) is 2. The van der Waals surface area contributed by atoms with Gasteiger partial charge in [-0.05, 0) is 24.1 Å². The third-order valence-electron chi connectivity index (χ3n) is 3.21. The SMILES string of the molecule is CC(C(=O)NCc1ccccc1CC(=O)O)n1cccn1. The highest BCUT2D eigenvalue weighted by Gasteiger charge is 2.15. The number of carboxylic acids is 1.